The summed E-state index contributed by atoms with van der Waals surface area (Å²) in [5.41, 5.74) is 3.37. The zero-order valence-electron chi connectivity index (χ0n) is 14.5. The van der Waals surface area contributed by atoms with Gasteiger partial charge in [-0.15, -0.1) is 0 Å². The highest BCUT2D eigenvalue weighted by atomic mass is 16.2. The second-order valence-corrected chi connectivity index (χ2v) is 6.22. The summed E-state index contributed by atoms with van der Waals surface area (Å²) >= 11 is 0. The van der Waals surface area contributed by atoms with Crippen molar-refractivity contribution in [1.29, 1.82) is 0 Å². The van der Waals surface area contributed by atoms with Crippen LogP contribution in [0.4, 0.5) is 11.4 Å². The van der Waals surface area contributed by atoms with Crippen LogP contribution in [0, 0.1) is 6.92 Å². The fourth-order valence-electron chi connectivity index (χ4n) is 2.90. The van der Waals surface area contributed by atoms with Gasteiger partial charge in [0, 0.05) is 50.7 Å². The maximum atomic E-state index is 12.7. The first-order valence-corrected chi connectivity index (χ1v) is 8.37. The highest BCUT2D eigenvalue weighted by Crippen LogP contribution is 2.18. The molecule has 1 N–H and O–H groups in total. The van der Waals surface area contributed by atoms with Crippen molar-refractivity contribution in [2.75, 3.05) is 31.5 Å². The average molecular weight is 338 g/mol. The normalized spacial score (nSPS) is 14.3. The molecular formula is C19H22N4O2. The van der Waals surface area contributed by atoms with Gasteiger partial charge in [-0.1, -0.05) is 12.1 Å². The maximum Gasteiger partial charge on any atom is 0.272 e. The molecule has 25 heavy (non-hydrogen) atoms. The SMILES string of the molecule is CC(=O)N1CCN(C(=O)c2cc(Nc3cccc(C)c3)ccn2)CC1. The molecule has 1 fully saturated rings. The smallest absolute Gasteiger partial charge is 0.272 e. The van der Waals surface area contributed by atoms with Crippen LogP contribution in [-0.2, 0) is 4.79 Å². The van der Waals surface area contributed by atoms with Gasteiger partial charge in [0.15, 0.2) is 0 Å². The van der Waals surface area contributed by atoms with Gasteiger partial charge in [0.2, 0.25) is 5.91 Å². The monoisotopic (exact) mass is 338 g/mol. The van der Waals surface area contributed by atoms with Gasteiger partial charge in [0.25, 0.3) is 5.91 Å². The van der Waals surface area contributed by atoms with Crippen molar-refractivity contribution < 1.29 is 9.59 Å². The summed E-state index contributed by atoms with van der Waals surface area (Å²) in [6, 6.07) is 11.7. The Morgan fingerprint density at radius 1 is 1.00 bits per heavy atom. The molecule has 0 unspecified atom stereocenters. The fraction of sp³-hybridized carbons (Fsp3) is 0.316. The number of anilines is 2. The standard InChI is InChI=1S/C19H22N4O2/c1-14-4-3-5-16(12-14)21-17-6-7-20-18(13-17)19(25)23-10-8-22(9-11-23)15(2)24/h3-7,12-13H,8-11H2,1-2H3,(H,20,21). The van der Waals surface area contributed by atoms with Gasteiger partial charge < -0.3 is 15.1 Å². The highest BCUT2D eigenvalue weighted by molar-refractivity contribution is 5.93. The minimum Gasteiger partial charge on any atom is -0.355 e. The second-order valence-electron chi connectivity index (χ2n) is 6.22. The Bertz CT molecular complexity index is 782. The number of pyridine rings is 1. The van der Waals surface area contributed by atoms with E-state index in [1.807, 2.05) is 37.3 Å². The van der Waals surface area contributed by atoms with Crippen LogP contribution in [0.5, 0.6) is 0 Å². The molecule has 6 heteroatoms. The van der Waals surface area contributed by atoms with E-state index in [9.17, 15) is 9.59 Å². The number of aryl methyl sites for hydroxylation is 1. The Balaban J connectivity index is 1.69. The van der Waals surface area contributed by atoms with Crippen molar-refractivity contribution in [2.24, 2.45) is 0 Å². The first kappa shape index (κ1) is 17.0. The molecule has 0 saturated carbocycles. The minimum atomic E-state index is -0.101. The number of nitrogens with one attached hydrogen (secondary N) is 1. The summed E-state index contributed by atoms with van der Waals surface area (Å²) in [4.78, 5) is 31.8. The van der Waals surface area contributed by atoms with Gasteiger partial charge in [-0.25, -0.2) is 0 Å². The number of hydrogen-bond donors (Lipinski definition) is 1. The highest BCUT2D eigenvalue weighted by Gasteiger charge is 2.24. The van der Waals surface area contributed by atoms with E-state index >= 15 is 0 Å². The number of nitrogens with zero attached hydrogens (tertiary/aromatic N) is 3. The molecule has 130 valence electrons. The number of rotatable bonds is 3. The van der Waals surface area contributed by atoms with E-state index in [2.05, 4.69) is 10.3 Å². The first-order chi connectivity index (χ1) is 12.0. The second kappa shape index (κ2) is 7.34. The third-order valence-electron chi connectivity index (χ3n) is 4.30. The average Bonchev–Trinajstić information content (AvgIpc) is 2.61. The Morgan fingerprint density at radius 2 is 1.68 bits per heavy atom. The number of piperazine rings is 1. The molecule has 0 bridgehead atoms. The van der Waals surface area contributed by atoms with Crippen LogP contribution in [0.1, 0.15) is 23.0 Å². The van der Waals surface area contributed by atoms with Gasteiger partial charge in [-0.2, -0.15) is 0 Å². The number of carbonyl (C=O) groups is 2. The van der Waals surface area contributed by atoms with Gasteiger partial charge >= 0.3 is 0 Å². The van der Waals surface area contributed by atoms with Gasteiger partial charge in [-0.05, 0) is 36.8 Å². The number of carbonyl (C=O) groups excluding carboxylic acids is 2. The van der Waals surface area contributed by atoms with Crippen molar-refractivity contribution in [3.63, 3.8) is 0 Å². The third kappa shape index (κ3) is 4.15. The predicted octanol–water partition coefficient (Wildman–Crippen LogP) is 2.44. The van der Waals surface area contributed by atoms with E-state index in [-0.39, 0.29) is 11.8 Å². The predicted molar refractivity (Wildman–Crippen MR) is 96.9 cm³/mol. The van der Waals surface area contributed by atoms with Gasteiger partial charge in [-0.3, -0.25) is 14.6 Å². The quantitative estimate of drug-likeness (QED) is 0.933. The van der Waals surface area contributed by atoms with E-state index in [1.165, 1.54) is 5.56 Å². The van der Waals surface area contributed by atoms with Crippen LogP contribution in [0.25, 0.3) is 0 Å². The lowest BCUT2D eigenvalue weighted by Gasteiger charge is -2.34. The van der Waals surface area contributed by atoms with Crippen LogP contribution in [-0.4, -0.2) is 52.8 Å². The molecule has 0 aliphatic carbocycles. The largest absolute Gasteiger partial charge is 0.355 e. The minimum absolute atomic E-state index is 0.0505. The summed E-state index contributed by atoms with van der Waals surface area (Å²) < 4.78 is 0. The molecule has 2 amide bonds. The molecule has 2 aromatic rings. The molecule has 3 rings (SSSR count). The molecule has 0 spiro atoms. The van der Waals surface area contributed by atoms with Crippen LogP contribution >= 0.6 is 0 Å². The Hall–Kier alpha value is -2.89. The number of aromatic nitrogens is 1. The zero-order chi connectivity index (χ0) is 17.8. The molecule has 1 aromatic carbocycles. The third-order valence-corrected chi connectivity index (χ3v) is 4.30. The summed E-state index contributed by atoms with van der Waals surface area (Å²) in [6.07, 6.45) is 1.64. The molecule has 2 heterocycles. The molecule has 0 radical (unpaired) electrons. The summed E-state index contributed by atoms with van der Waals surface area (Å²) in [5, 5.41) is 3.30. The van der Waals surface area contributed by atoms with Crippen LogP contribution in [0.3, 0.4) is 0 Å². The van der Waals surface area contributed by atoms with Crippen molar-refractivity contribution in [2.45, 2.75) is 13.8 Å². The number of amides is 2. The van der Waals surface area contributed by atoms with E-state index in [0.29, 0.717) is 31.9 Å². The molecule has 1 saturated heterocycles. The topological polar surface area (TPSA) is 65.5 Å². The fourth-order valence-corrected chi connectivity index (χ4v) is 2.90. The van der Waals surface area contributed by atoms with Gasteiger partial charge in [0.05, 0.1) is 0 Å². The van der Waals surface area contributed by atoms with Gasteiger partial charge in [0.1, 0.15) is 5.69 Å². The number of hydrogen-bond acceptors (Lipinski definition) is 4. The van der Waals surface area contributed by atoms with Crippen molar-refractivity contribution in [3.05, 3.63) is 53.9 Å². The van der Waals surface area contributed by atoms with E-state index in [4.69, 9.17) is 0 Å². The van der Waals surface area contributed by atoms with E-state index in [0.717, 1.165) is 11.4 Å². The molecule has 1 aromatic heterocycles. The summed E-state index contributed by atoms with van der Waals surface area (Å²) in [7, 11) is 0. The molecule has 6 nitrogen and oxygen atoms in total. The van der Waals surface area contributed by atoms with Crippen LogP contribution in [0.2, 0.25) is 0 Å². The van der Waals surface area contributed by atoms with Crippen molar-refractivity contribution >= 4 is 23.2 Å². The molecular weight excluding hydrogens is 316 g/mol. The van der Waals surface area contributed by atoms with Crippen LogP contribution < -0.4 is 5.32 Å². The van der Waals surface area contributed by atoms with Crippen molar-refractivity contribution in [3.8, 4) is 0 Å². The lowest BCUT2D eigenvalue weighted by atomic mass is 10.2. The lowest BCUT2D eigenvalue weighted by molar-refractivity contribution is -0.130. The maximum absolute atomic E-state index is 12.7. The summed E-state index contributed by atoms with van der Waals surface area (Å²) in [6.45, 7) is 5.81. The zero-order valence-corrected chi connectivity index (χ0v) is 14.5. The molecule has 1 aliphatic heterocycles. The van der Waals surface area contributed by atoms with Crippen LogP contribution in [0.15, 0.2) is 42.6 Å². The molecule has 0 atom stereocenters. The molecule has 1 aliphatic rings. The number of benzene rings is 1. The summed E-state index contributed by atoms with van der Waals surface area (Å²) in [5.74, 6) is -0.0503. The van der Waals surface area contributed by atoms with Crippen molar-refractivity contribution in [1.82, 2.24) is 14.8 Å². The van der Waals surface area contributed by atoms with E-state index in [1.54, 1.807) is 29.0 Å². The first-order valence-electron chi connectivity index (χ1n) is 8.37. The Morgan fingerprint density at radius 3 is 2.36 bits per heavy atom. The van der Waals surface area contributed by atoms with E-state index < -0.39 is 0 Å². The Kier molecular flexibility index (Phi) is 4.97. The Labute approximate surface area is 147 Å². The lowest BCUT2D eigenvalue weighted by Crippen LogP contribution is -2.50.